The number of piperidine rings is 1. The maximum atomic E-state index is 12.3. The van der Waals surface area contributed by atoms with E-state index in [0.717, 1.165) is 38.0 Å². The van der Waals surface area contributed by atoms with E-state index in [1.165, 1.54) is 0 Å². The highest BCUT2D eigenvalue weighted by Gasteiger charge is 2.18. The predicted octanol–water partition coefficient (Wildman–Crippen LogP) is 2.86. The first-order chi connectivity index (χ1) is 9.69. The van der Waals surface area contributed by atoms with Crippen LogP contribution in [0.15, 0.2) is 24.3 Å². The fourth-order valence-corrected chi connectivity index (χ4v) is 2.57. The van der Waals surface area contributed by atoms with Gasteiger partial charge < -0.3 is 15.0 Å². The summed E-state index contributed by atoms with van der Waals surface area (Å²) in [6.45, 7) is 3.26. The second-order valence-corrected chi connectivity index (χ2v) is 5.08. The predicted molar refractivity (Wildman–Crippen MR) is 75.0 cm³/mol. The van der Waals surface area contributed by atoms with Gasteiger partial charge >= 0.3 is 6.61 Å². The molecule has 3 nitrogen and oxygen atoms in total. The zero-order valence-electron chi connectivity index (χ0n) is 11.8. The van der Waals surface area contributed by atoms with E-state index in [9.17, 15) is 8.78 Å². The highest BCUT2D eigenvalue weighted by Crippen LogP contribution is 2.20. The number of rotatable bonds is 6. The first kappa shape index (κ1) is 15.2. The van der Waals surface area contributed by atoms with Crippen LogP contribution in [0, 0.1) is 0 Å². The Morgan fingerprint density at radius 2 is 2.00 bits per heavy atom. The van der Waals surface area contributed by atoms with Crippen LogP contribution in [0.4, 0.5) is 8.78 Å². The molecule has 1 heterocycles. The van der Waals surface area contributed by atoms with Gasteiger partial charge in [0.2, 0.25) is 0 Å². The number of likely N-dealkylation sites (tertiary alicyclic amines) is 1. The minimum atomic E-state index is -2.77. The number of ether oxygens (including phenoxy) is 1. The third kappa shape index (κ3) is 4.42. The van der Waals surface area contributed by atoms with Crippen LogP contribution >= 0.6 is 0 Å². The molecule has 2 rings (SSSR count). The molecule has 0 spiro atoms. The fourth-order valence-electron chi connectivity index (χ4n) is 2.57. The normalized spacial score (nSPS) is 17.6. The monoisotopic (exact) mass is 284 g/mol. The molecule has 0 atom stereocenters. The van der Waals surface area contributed by atoms with Gasteiger partial charge in [0.15, 0.2) is 0 Å². The number of nitrogens with one attached hydrogen (secondary N) is 1. The van der Waals surface area contributed by atoms with Crippen LogP contribution in [0.1, 0.15) is 25.3 Å². The quantitative estimate of drug-likeness (QED) is 0.869. The Kier molecular flexibility index (Phi) is 5.73. The van der Waals surface area contributed by atoms with Crippen molar-refractivity contribution in [3.05, 3.63) is 29.8 Å². The van der Waals surface area contributed by atoms with Gasteiger partial charge in [-0.3, -0.25) is 0 Å². The Morgan fingerprint density at radius 1 is 1.30 bits per heavy atom. The first-order valence-corrected chi connectivity index (χ1v) is 7.17. The average molecular weight is 284 g/mol. The standard InChI is InChI=1S/C15H22F2N2O/c1-2-19-9-7-13(8-10-19)18-11-12-5-3-4-6-14(12)20-15(16)17/h3-6,13,15,18H,2,7-11H2,1H3. The third-order valence-corrected chi connectivity index (χ3v) is 3.80. The van der Waals surface area contributed by atoms with Gasteiger partial charge in [0, 0.05) is 18.2 Å². The molecule has 0 aromatic heterocycles. The molecule has 20 heavy (non-hydrogen) atoms. The summed E-state index contributed by atoms with van der Waals surface area (Å²) >= 11 is 0. The highest BCUT2D eigenvalue weighted by molar-refractivity contribution is 5.33. The molecule has 1 fully saturated rings. The lowest BCUT2D eigenvalue weighted by molar-refractivity contribution is -0.0505. The van der Waals surface area contributed by atoms with Crippen molar-refractivity contribution >= 4 is 0 Å². The Labute approximate surface area is 118 Å². The molecule has 1 aromatic rings. The smallest absolute Gasteiger partial charge is 0.387 e. The number of hydrogen-bond donors (Lipinski definition) is 1. The van der Waals surface area contributed by atoms with Crippen LogP contribution < -0.4 is 10.1 Å². The number of halogens is 2. The summed E-state index contributed by atoms with van der Waals surface area (Å²) < 4.78 is 29.2. The van der Waals surface area contributed by atoms with E-state index in [1.807, 2.05) is 12.1 Å². The lowest BCUT2D eigenvalue weighted by Gasteiger charge is -2.31. The van der Waals surface area contributed by atoms with Crippen LogP contribution in [0.5, 0.6) is 5.75 Å². The Hall–Kier alpha value is -1.20. The van der Waals surface area contributed by atoms with Crippen molar-refractivity contribution < 1.29 is 13.5 Å². The molecular weight excluding hydrogens is 262 g/mol. The zero-order valence-corrected chi connectivity index (χ0v) is 11.8. The van der Waals surface area contributed by atoms with Gasteiger partial charge in [0.1, 0.15) is 5.75 Å². The van der Waals surface area contributed by atoms with Gasteiger partial charge in [-0.05, 0) is 38.5 Å². The topological polar surface area (TPSA) is 24.5 Å². The number of nitrogens with zero attached hydrogens (tertiary/aromatic N) is 1. The molecule has 0 aliphatic carbocycles. The van der Waals surface area contributed by atoms with Gasteiger partial charge in [0.25, 0.3) is 0 Å². The van der Waals surface area contributed by atoms with Crippen LogP contribution in [0.2, 0.25) is 0 Å². The van der Waals surface area contributed by atoms with Crippen LogP contribution in [-0.2, 0) is 6.54 Å². The highest BCUT2D eigenvalue weighted by atomic mass is 19.3. The minimum Gasteiger partial charge on any atom is -0.434 e. The molecule has 0 bridgehead atoms. The Bertz CT molecular complexity index is 407. The number of benzene rings is 1. The second-order valence-electron chi connectivity index (χ2n) is 5.08. The van der Waals surface area contributed by atoms with Gasteiger partial charge in [-0.1, -0.05) is 25.1 Å². The lowest BCUT2D eigenvalue weighted by Crippen LogP contribution is -2.42. The molecule has 1 aliphatic heterocycles. The molecule has 1 saturated heterocycles. The van der Waals surface area contributed by atoms with Crippen molar-refractivity contribution in [2.45, 2.75) is 39.0 Å². The molecular formula is C15H22F2N2O. The number of alkyl halides is 2. The summed E-state index contributed by atoms with van der Waals surface area (Å²) in [5, 5.41) is 3.44. The van der Waals surface area contributed by atoms with Gasteiger partial charge in [0.05, 0.1) is 0 Å². The molecule has 5 heteroatoms. The Balaban J connectivity index is 1.85. The SMILES string of the molecule is CCN1CCC(NCc2ccccc2OC(F)F)CC1. The molecule has 112 valence electrons. The van der Waals surface area contributed by atoms with E-state index in [0.29, 0.717) is 12.6 Å². The number of hydrogen-bond acceptors (Lipinski definition) is 3. The summed E-state index contributed by atoms with van der Waals surface area (Å²) in [6, 6.07) is 7.42. The maximum Gasteiger partial charge on any atom is 0.387 e. The summed E-state index contributed by atoms with van der Waals surface area (Å²) in [6.07, 6.45) is 2.21. The minimum absolute atomic E-state index is 0.265. The van der Waals surface area contributed by atoms with Crippen molar-refractivity contribution in [1.82, 2.24) is 10.2 Å². The number of para-hydroxylation sites is 1. The van der Waals surface area contributed by atoms with E-state index in [-0.39, 0.29) is 5.75 Å². The fraction of sp³-hybridized carbons (Fsp3) is 0.600. The van der Waals surface area contributed by atoms with Crippen LogP contribution in [-0.4, -0.2) is 37.2 Å². The van der Waals surface area contributed by atoms with Crippen LogP contribution in [0.25, 0.3) is 0 Å². The summed E-state index contributed by atoms with van der Waals surface area (Å²) in [5.74, 6) is 0.265. The molecule has 0 saturated carbocycles. The van der Waals surface area contributed by atoms with E-state index < -0.39 is 6.61 Å². The average Bonchev–Trinajstić information content (AvgIpc) is 2.46. The van der Waals surface area contributed by atoms with E-state index in [1.54, 1.807) is 12.1 Å². The van der Waals surface area contributed by atoms with E-state index in [4.69, 9.17) is 0 Å². The molecule has 0 amide bonds. The summed E-state index contributed by atoms with van der Waals surface area (Å²) in [5.41, 5.74) is 0.783. The zero-order chi connectivity index (χ0) is 14.4. The third-order valence-electron chi connectivity index (χ3n) is 3.80. The molecule has 1 aliphatic rings. The van der Waals surface area contributed by atoms with Crippen LogP contribution in [0.3, 0.4) is 0 Å². The van der Waals surface area contributed by atoms with Gasteiger partial charge in [-0.15, -0.1) is 0 Å². The lowest BCUT2D eigenvalue weighted by atomic mass is 10.0. The van der Waals surface area contributed by atoms with Crippen molar-refractivity contribution in [3.8, 4) is 5.75 Å². The van der Waals surface area contributed by atoms with Crippen molar-refractivity contribution in [2.75, 3.05) is 19.6 Å². The van der Waals surface area contributed by atoms with Crippen molar-refractivity contribution in [3.63, 3.8) is 0 Å². The molecule has 0 unspecified atom stereocenters. The van der Waals surface area contributed by atoms with Gasteiger partial charge in [-0.2, -0.15) is 8.78 Å². The molecule has 1 N–H and O–H groups in total. The van der Waals surface area contributed by atoms with Crippen molar-refractivity contribution in [2.24, 2.45) is 0 Å². The molecule has 1 aromatic carbocycles. The van der Waals surface area contributed by atoms with E-state index >= 15 is 0 Å². The summed E-state index contributed by atoms with van der Waals surface area (Å²) in [4.78, 5) is 2.42. The molecule has 0 radical (unpaired) electrons. The second kappa shape index (κ2) is 7.55. The van der Waals surface area contributed by atoms with Crippen molar-refractivity contribution in [1.29, 1.82) is 0 Å². The van der Waals surface area contributed by atoms with E-state index in [2.05, 4.69) is 21.9 Å². The largest absolute Gasteiger partial charge is 0.434 e. The first-order valence-electron chi connectivity index (χ1n) is 7.17. The summed E-state index contributed by atoms with van der Waals surface area (Å²) in [7, 11) is 0. The maximum absolute atomic E-state index is 12.3. The van der Waals surface area contributed by atoms with Gasteiger partial charge in [-0.25, -0.2) is 0 Å². The Morgan fingerprint density at radius 3 is 2.65 bits per heavy atom.